The molecule has 150 valence electrons. The molecule has 1 fully saturated rings. The highest BCUT2D eigenvalue weighted by molar-refractivity contribution is 6.11. The molecule has 0 spiro atoms. The number of Topliss-reactive ketones (excluding diaryl/α,β-unsaturated/α-hetero) is 1. The largest absolute Gasteiger partial charge is 0.326 e. The molecule has 0 radical (unpaired) electrons. The van der Waals surface area contributed by atoms with Gasteiger partial charge in [-0.25, -0.2) is 4.79 Å². The summed E-state index contributed by atoms with van der Waals surface area (Å²) < 4.78 is 0. The molecule has 2 aromatic carbocycles. The van der Waals surface area contributed by atoms with E-state index in [1.807, 2.05) is 13.0 Å². The number of anilines is 1. The summed E-state index contributed by atoms with van der Waals surface area (Å²) in [5, 5.41) is 5.43. The molecule has 0 aliphatic carbocycles. The second kappa shape index (κ2) is 8.26. The Labute approximate surface area is 169 Å². The average molecular weight is 393 g/mol. The van der Waals surface area contributed by atoms with Gasteiger partial charge in [0.25, 0.3) is 5.91 Å². The molecule has 7 heteroatoms. The van der Waals surface area contributed by atoms with Crippen molar-refractivity contribution in [3.8, 4) is 0 Å². The number of hydrogen-bond acceptors (Lipinski definition) is 4. The fourth-order valence-corrected chi connectivity index (χ4v) is 3.23. The van der Waals surface area contributed by atoms with Crippen LogP contribution in [0.15, 0.2) is 54.6 Å². The number of rotatable bonds is 7. The highest BCUT2D eigenvalue weighted by Gasteiger charge is 2.49. The first-order valence-corrected chi connectivity index (χ1v) is 9.48. The molecule has 3 rings (SSSR count). The Morgan fingerprint density at radius 3 is 2.31 bits per heavy atom. The summed E-state index contributed by atoms with van der Waals surface area (Å²) in [5.41, 5.74) is 0.394. The minimum atomic E-state index is -1.20. The van der Waals surface area contributed by atoms with Crippen LogP contribution in [0, 0.1) is 0 Å². The number of imide groups is 1. The minimum absolute atomic E-state index is 0.0916. The van der Waals surface area contributed by atoms with Crippen molar-refractivity contribution < 1.29 is 19.2 Å². The number of hydrogen-bond donors (Lipinski definition) is 2. The third-order valence-corrected chi connectivity index (χ3v) is 4.90. The topological polar surface area (TPSA) is 95.6 Å². The van der Waals surface area contributed by atoms with Crippen molar-refractivity contribution in [2.45, 2.75) is 32.2 Å². The first kappa shape index (κ1) is 20.3. The molecular formula is C22H23N3O4. The van der Waals surface area contributed by atoms with Gasteiger partial charge < -0.3 is 10.6 Å². The van der Waals surface area contributed by atoms with E-state index in [-0.39, 0.29) is 18.2 Å². The summed E-state index contributed by atoms with van der Waals surface area (Å²) in [5.74, 6) is -0.922. The minimum Gasteiger partial charge on any atom is -0.326 e. The van der Waals surface area contributed by atoms with E-state index in [1.54, 1.807) is 55.5 Å². The molecule has 1 aliphatic heterocycles. The van der Waals surface area contributed by atoms with Gasteiger partial charge in [-0.05, 0) is 43.2 Å². The monoisotopic (exact) mass is 393 g/mol. The van der Waals surface area contributed by atoms with Crippen LogP contribution in [0.1, 0.15) is 42.6 Å². The van der Waals surface area contributed by atoms with E-state index in [4.69, 9.17) is 0 Å². The van der Waals surface area contributed by atoms with Crippen LogP contribution in [0.2, 0.25) is 0 Å². The number of ketones is 1. The maximum atomic E-state index is 12.9. The van der Waals surface area contributed by atoms with Gasteiger partial charge in [-0.15, -0.1) is 0 Å². The Balaban J connectivity index is 1.70. The van der Waals surface area contributed by atoms with Crippen molar-refractivity contribution in [1.82, 2.24) is 10.2 Å². The lowest BCUT2D eigenvalue weighted by molar-refractivity contribution is -0.130. The summed E-state index contributed by atoms with van der Waals surface area (Å²) >= 11 is 0. The van der Waals surface area contributed by atoms with Gasteiger partial charge in [-0.2, -0.15) is 0 Å². The van der Waals surface area contributed by atoms with E-state index in [2.05, 4.69) is 10.6 Å². The van der Waals surface area contributed by atoms with Gasteiger partial charge in [0.1, 0.15) is 5.54 Å². The van der Waals surface area contributed by atoms with E-state index < -0.39 is 17.5 Å². The van der Waals surface area contributed by atoms with E-state index in [0.717, 1.165) is 11.3 Å². The van der Waals surface area contributed by atoms with Gasteiger partial charge in [0.2, 0.25) is 5.91 Å². The molecule has 1 saturated heterocycles. The molecule has 2 aromatic rings. The summed E-state index contributed by atoms with van der Waals surface area (Å²) in [4.78, 5) is 50.5. The lowest BCUT2D eigenvalue weighted by Crippen LogP contribution is -2.41. The Hall–Kier alpha value is -3.48. The van der Waals surface area contributed by atoms with Gasteiger partial charge in [0.05, 0.1) is 6.54 Å². The van der Waals surface area contributed by atoms with E-state index >= 15 is 0 Å². The SMILES string of the molecule is CCCC(=O)Nc1ccc(C(=O)CN2C(=O)N[C@@](C)(c3ccccc3)C2=O)cc1. The number of amides is 4. The molecule has 4 amide bonds. The van der Waals surface area contributed by atoms with E-state index in [0.29, 0.717) is 23.2 Å². The van der Waals surface area contributed by atoms with E-state index in [1.165, 1.54) is 0 Å². The molecule has 1 aliphatic rings. The zero-order valence-corrected chi connectivity index (χ0v) is 16.4. The molecule has 1 atom stereocenters. The Kier molecular flexibility index (Phi) is 5.77. The summed E-state index contributed by atoms with van der Waals surface area (Å²) in [6, 6.07) is 14.7. The standard InChI is InChI=1S/C22H23N3O4/c1-3-7-19(27)23-17-12-10-15(11-13-17)18(26)14-25-20(28)22(2,24-21(25)29)16-8-5-4-6-9-16/h4-6,8-13H,3,7,14H2,1-2H3,(H,23,27)(H,24,29)/t22-/m0/s1. The van der Waals surface area contributed by atoms with Gasteiger partial charge in [0, 0.05) is 17.7 Å². The Bertz CT molecular complexity index is 940. The third-order valence-electron chi connectivity index (χ3n) is 4.90. The van der Waals surface area contributed by atoms with Crippen molar-refractivity contribution in [3.63, 3.8) is 0 Å². The molecule has 0 aromatic heterocycles. The third kappa shape index (κ3) is 4.18. The number of benzene rings is 2. The summed E-state index contributed by atoms with van der Waals surface area (Å²) in [6.07, 6.45) is 1.17. The van der Waals surface area contributed by atoms with Gasteiger partial charge >= 0.3 is 6.03 Å². The molecule has 0 unspecified atom stereocenters. The quantitative estimate of drug-likeness (QED) is 0.558. The van der Waals surface area contributed by atoms with Gasteiger partial charge in [-0.1, -0.05) is 37.3 Å². The van der Waals surface area contributed by atoms with Crippen LogP contribution in [0.25, 0.3) is 0 Å². The smallest absolute Gasteiger partial charge is 0.325 e. The lowest BCUT2D eigenvalue weighted by Gasteiger charge is -2.22. The second-order valence-electron chi connectivity index (χ2n) is 7.11. The number of urea groups is 1. The van der Waals surface area contributed by atoms with Crippen molar-refractivity contribution in [1.29, 1.82) is 0 Å². The van der Waals surface area contributed by atoms with Crippen molar-refractivity contribution >= 4 is 29.3 Å². The molecule has 0 bridgehead atoms. The predicted octanol–water partition coefficient (Wildman–Crippen LogP) is 3.08. The molecule has 0 saturated carbocycles. The maximum absolute atomic E-state index is 12.9. The average Bonchev–Trinajstić information content (AvgIpc) is 2.93. The van der Waals surface area contributed by atoms with Crippen LogP contribution in [0.5, 0.6) is 0 Å². The molecule has 2 N–H and O–H groups in total. The van der Waals surface area contributed by atoms with Crippen molar-refractivity contribution in [2.75, 3.05) is 11.9 Å². The second-order valence-corrected chi connectivity index (χ2v) is 7.11. The number of nitrogens with zero attached hydrogens (tertiary/aromatic N) is 1. The van der Waals surface area contributed by atoms with Crippen LogP contribution in [-0.2, 0) is 15.1 Å². The Morgan fingerprint density at radius 1 is 1.03 bits per heavy atom. The van der Waals surface area contributed by atoms with Crippen LogP contribution < -0.4 is 10.6 Å². The zero-order chi connectivity index (χ0) is 21.0. The molecule has 7 nitrogen and oxygen atoms in total. The fourth-order valence-electron chi connectivity index (χ4n) is 3.23. The number of carbonyl (C=O) groups is 4. The van der Waals surface area contributed by atoms with Crippen molar-refractivity contribution in [2.24, 2.45) is 0 Å². The first-order chi connectivity index (χ1) is 13.8. The Morgan fingerprint density at radius 2 is 1.69 bits per heavy atom. The van der Waals surface area contributed by atoms with Crippen LogP contribution in [-0.4, -0.2) is 35.1 Å². The maximum Gasteiger partial charge on any atom is 0.325 e. The van der Waals surface area contributed by atoms with Crippen LogP contribution in [0.4, 0.5) is 10.5 Å². The molecular weight excluding hydrogens is 370 g/mol. The molecule has 1 heterocycles. The first-order valence-electron chi connectivity index (χ1n) is 9.48. The summed E-state index contributed by atoms with van der Waals surface area (Å²) in [6.45, 7) is 3.19. The van der Waals surface area contributed by atoms with Crippen LogP contribution in [0.3, 0.4) is 0 Å². The summed E-state index contributed by atoms with van der Waals surface area (Å²) in [7, 11) is 0. The normalized spacial score (nSPS) is 18.5. The van der Waals surface area contributed by atoms with Gasteiger partial charge in [0.15, 0.2) is 5.78 Å². The van der Waals surface area contributed by atoms with Crippen LogP contribution >= 0.6 is 0 Å². The number of nitrogens with one attached hydrogen (secondary N) is 2. The highest BCUT2D eigenvalue weighted by atomic mass is 16.2. The van der Waals surface area contributed by atoms with E-state index in [9.17, 15) is 19.2 Å². The molecule has 29 heavy (non-hydrogen) atoms. The highest BCUT2D eigenvalue weighted by Crippen LogP contribution is 2.28. The number of carbonyl (C=O) groups excluding carboxylic acids is 4. The van der Waals surface area contributed by atoms with Crippen molar-refractivity contribution in [3.05, 3.63) is 65.7 Å². The van der Waals surface area contributed by atoms with Gasteiger partial charge in [-0.3, -0.25) is 19.3 Å². The zero-order valence-electron chi connectivity index (χ0n) is 16.4. The predicted molar refractivity (Wildman–Crippen MR) is 108 cm³/mol. The fraction of sp³-hybridized carbons (Fsp3) is 0.273. The lowest BCUT2D eigenvalue weighted by atomic mass is 9.92.